The first-order valence-electron chi connectivity index (χ1n) is 6.53. The summed E-state index contributed by atoms with van der Waals surface area (Å²) in [7, 11) is 1.26. The van der Waals surface area contributed by atoms with Gasteiger partial charge in [-0.1, -0.05) is 0 Å². The quantitative estimate of drug-likeness (QED) is 0.770. The van der Waals surface area contributed by atoms with E-state index in [1.54, 1.807) is 27.7 Å². The van der Waals surface area contributed by atoms with Crippen LogP contribution in [0, 0.1) is 5.82 Å². The summed E-state index contributed by atoms with van der Waals surface area (Å²) >= 11 is 0. The fraction of sp³-hybridized carbons (Fsp3) is 0.571. The third-order valence-electron chi connectivity index (χ3n) is 3.63. The van der Waals surface area contributed by atoms with Crippen molar-refractivity contribution in [2.24, 2.45) is 0 Å². The Bertz CT molecular complexity index is 474. The summed E-state index contributed by atoms with van der Waals surface area (Å²) in [5, 5.41) is 20.2. The van der Waals surface area contributed by atoms with Gasteiger partial charge >= 0.3 is 7.12 Å². The van der Waals surface area contributed by atoms with Gasteiger partial charge in [0.1, 0.15) is 0 Å². The third-order valence-corrected chi connectivity index (χ3v) is 3.63. The van der Waals surface area contributed by atoms with Crippen LogP contribution < -0.4 is 14.9 Å². The average Bonchev–Trinajstić information content (AvgIpc) is 2.37. The van der Waals surface area contributed by atoms with Crippen molar-refractivity contribution in [1.29, 1.82) is 0 Å². The molecule has 0 heterocycles. The van der Waals surface area contributed by atoms with Crippen LogP contribution in [0.15, 0.2) is 12.1 Å². The number of halogens is 1. The Hall–Kier alpha value is -1.31. The van der Waals surface area contributed by atoms with Gasteiger partial charge in [0.15, 0.2) is 11.5 Å². The number of rotatable bonds is 6. The van der Waals surface area contributed by atoms with Crippen molar-refractivity contribution in [3.8, 4) is 11.5 Å². The first-order chi connectivity index (χ1) is 9.53. The van der Waals surface area contributed by atoms with E-state index in [2.05, 4.69) is 0 Å². The van der Waals surface area contributed by atoms with Gasteiger partial charge in [-0.25, -0.2) is 0 Å². The molecule has 2 N–H and O–H groups in total. The maximum atomic E-state index is 13.8. The Labute approximate surface area is 124 Å². The molecule has 0 spiro atoms. The minimum absolute atomic E-state index is 0.0620. The molecular weight excluding hydrogens is 278 g/mol. The van der Waals surface area contributed by atoms with Gasteiger partial charge in [-0.05, 0) is 45.3 Å². The number of benzene rings is 1. The highest BCUT2D eigenvalue weighted by Crippen LogP contribution is 2.27. The number of hydrogen-bond acceptors (Lipinski definition) is 5. The molecule has 0 unspecified atom stereocenters. The topological polar surface area (TPSA) is 68.2 Å². The van der Waals surface area contributed by atoms with Crippen LogP contribution in [-0.2, 0) is 4.65 Å². The van der Waals surface area contributed by atoms with Crippen LogP contribution in [0.1, 0.15) is 27.7 Å². The molecule has 0 radical (unpaired) electrons. The lowest BCUT2D eigenvalue weighted by atomic mass is 9.76. The normalized spacial score (nSPS) is 12.2. The molecule has 0 aliphatic rings. The predicted molar refractivity (Wildman–Crippen MR) is 78.6 cm³/mol. The van der Waals surface area contributed by atoms with Crippen LogP contribution in [0.5, 0.6) is 11.5 Å². The molecular formula is C14H22BFO5. The number of hydrogen-bond donors (Lipinski definition) is 2. The number of ether oxygens (including phenoxy) is 2. The van der Waals surface area contributed by atoms with Gasteiger partial charge in [0.05, 0.1) is 25.4 Å². The molecule has 0 aliphatic heterocycles. The summed E-state index contributed by atoms with van der Waals surface area (Å²) in [5.74, 6) is -0.779. The molecule has 0 saturated heterocycles. The van der Waals surface area contributed by atoms with Crippen molar-refractivity contribution in [2.45, 2.75) is 38.9 Å². The van der Waals surface area contributed by atoms with Gasteiger partial charge < -0.3 is 24.3 Å². The fourth-order valence-corrected chi connectivity index (χ4v) is 1.52. The average molecular weight is 300 g/mol. The Balaban J connectivity index is 3.11. The molecule has 0 aliphatic carbocycles. The number of aliphatic hydroxyl groups is 1. The maximum absolute atomic E-state index is 13.8. The SMILES string of the molecule is COc1cc(B(O)OC(C)(C)C(C)(C)O)cc(OC)c1F. The van der Waals surface area contributed by atoms with Gasteiger partial charge in [0.25, 0.3) is 0 Å². The second-order valence-corrected chi connectivity index (χ2v) is 5.78. The van der Waals surface area contributed by atoms with Gasteiger partial charge in [-0.15, -0.1) is 0 Å². The summed E-state index contributed by atoms with van der Waals surface area (Å²) in [5.41, 5.74) is -1.94. The van der Waals surface area contributed by atoms with E-state index in [0.29, 0.717) is 0 Å². The zero-order valence-electron chi connectivity index (χ0n) is 13.2. The van der Waals surface area contributed by atoms with E-state index in [0.717, 1.165) is 0 Å². The van der Waals surface area contributed by atoms with Crippen LogP contribution in [0.4, 0.5) is 4.39 Å². The minimum Gasteiger partial charge on any atom is -0.494 e. The Morgan fingerprint density at radius 1 is 1.05 bits per heavy atom. The van der Waals surface area contributed by atoms with Crippen molar-refractivity contribution in [2.75, 3.05) is 14.2 Å². The minimum atomic E-state index is -1.37. The highest BCUT2D eigenvalue weighted by Gasteiger charge is 2.39. The molecule has 0 saturated carbocycles. The van der Waals surface area contributed by atoms with Crippen molar-refractivity contribution in [3.63, 3.8) is 0 Å². The first-order valence-corrected chi connectivity index (χ1v) is 6.53. The monoisotopic (exact) mass is 300 g/mol. The zero-order valence-corrected chi connectivity index (χ0v) is 13.2. The van der Waals surface area contributed by atoms with Crippen LogP contribution in [-0.4, -0.2) is 42.7 Å². The lowest BCUT2D eigenvalue weighted by molar-refractivity contribution is -0.0982. The second-order valence-electron chi connectivity index (χ2n) is 5.78. The van der Waals surface area contributed by atoms with E-state index in [1.807, 2.05) is 0 Å². The molecule has 1 aromatic carbocycles. The number of methoxy groups -OCH3 is 2. The summed E-state index contributed by atoms with van der Waals surface area (Å²) < 4.78 is 29.1. The van der Waals surface area contributed by atoms with Crippen LogP contribution in [0.25, 0.3) is 0 Å². The molecule has 0 fully saturated rings. The summed E-state index contributed by atoms with van der Waals surface area (Å²) in [6, 6.07) is 2.64. The van der Waals surface area contributed by atoms with Crippen molar-refractivity contribution < 1.29 is 28.6 Å². The van der Waals surface area contributed by atoms with Crippen molar-refractivity contribution >= 4 is 12.6 Å². The highest BCUT2D eigenvalue weighted by atomic mass is 19.1. The molecule has 1 rings (SSSR count). The van der Waals surface area contributed by atoms with Crippen molar-refractivity contribution in [3.05, 3.63) is 17.9 Å². The van der Waals surface area contributed by atoms with E-state index < -0.39 is 24.1 Å². The molecule has 0 atom stereocenters. The summed E-state index contributed by atoms with van der Waals surface area (Å²) in [4.78, 5) is 0. The van der Waals surface area contributed by atoms with Gasteiger partial charge in [0, 0.05) is 0 Å². The Morgan fingerprint density at radius 3 is 1.81 bits per heavy atom. The molecule has 5 nitrogen and oxygen atoms in total. The largest absolute Gasteiger partial charge is 0.494 e. The lowest BCUT2D eigenvalue weighted by Gasteiger charge is -2.38. The second kappa shape index (κ2) is 6.21. The van der Waals surface area contributed by atoms with E-state index in [-0.39, 0.29) is 17.0 Å². The van der Waals surface area contributed by atoms with Crippen molar-refractivity contribution in [1.82, 2.24) is 0 Å². The van der Waals surface area contributed by atoms with E-state index in [1.165, 1.54) is 26.4 Å². The lowest BCUT2D eigenvalue weighted by Crippen LogP contribution is -2.53. The fourth-order valence-electron chi connectivity index (χ4n) is 1.52. The van der Waals surface area contributed by atoms with Gasteiger partial charge in [0.2, 0.25) is 5.82 Å². The highest BCUT2D eigenvalue weighted by molar-refractivity contribution is 6.60. The van der Waals surface area contributed by atoms with E-state index >= 15 is 0 Å². The van der Waals surface area contributed by atoms with Crippen LogP contribution in [0.3, 0.4) is 0 Å². The summed E-state index contributed by atoms with van der Waals surface area (Å²) in [6.45, 7) is 6.44. The third kappa shape index (κ3) is 3.87. The van der Waals surface area contributed by atoms with Crippen LogP contribution in [0.2, 0.25) is 0 Å². The van der Waals surface area contributed by atoms with E-state index in [9.17, 15) is 14.5 Å². The molecule has 0 aromatic heterocycles. The van der Waals surface area contributed by atoms with Crippen LogP contribution >= 0.6 is 0 Å². The molecule has 118 valence electrons. The molecule has 0 bridgehead atoms. The summed E-state index contributed by atoms with van der Waals surface area (Å²) in [6.07, 6.45) is 0. The molecule has 0 amide bonds. The molecule has 7 heteroatoms. The smallest absolute Gasteiger partial charge is 0.491 e. The Morgan fingerprint density at radius 2 is 1.48 bits per heavy atom. The molecule has 1 aromatic rings. The first kappa shape index (κ1) is 17.7. The van der Waals surface area contributed by atoms with Gasteiger partial charge in [-0.2, -0.15) is 4.39 Å². The van der Waals surface area contributed by atoms with E-state index in [4.69, 9.17) is 14.1 Å². The standard InChI is InChI=1S/C14H22BFO5/c1-13(2,17)14(3,4)21-15(18)9-7-10(19-5)12(16)11(8-9)20-6/h7-8,17-18H,1-6H3. The van der Waals surface area contributed by atoms with Gasteiger partial charge in [-0.3, -0.25) is 0 Å². The predicted octanol–water partition coefficient (Wildman–Crippen LogP) is 1.10. The maximum Gasteiger partial charge on any atom is 0.491 e. The molecule has 21 heavy (non-hydrogen) atoms. The Kier molecular flexibility index (Phi) is 5.25. The zero-order chi connectivity index (χ0) is 16.4.